The summed E-state index contributed by atoms with van der Waals surface area (Å²) in [6, 6.07) is 0. The molecule has 10 heavy (non-hydrogen) atoms. The molecule has 0 radical (unpaired) electrons. The van der Waals surface area contributed by atoms with Crippen LogP contribution >= 0.6 is 46.4 Å². The number of ether oxygens (including phenoxy) is 1. The van der Waals surface area contributed by atoms with Gasteiger partial charge >= 0.3 is 0 Å². The van der Waals surface area contributed by atoms with Crippen molar-refractivity contribution in [3.05, 3.63) is 0 Å². The van der Waals surface area contributed by atoms with Crippen LogP contribution in [0.2, 0.25) is 0 Å². The normalized spacial score (nSPS) is 38.7. The topological polar surface area (TPSA) is 12.5 Å². The van der Waals surface area contributed by atoms with Crippen LogP contribution in [0.5, 0.6) is 0 Å². The van der Waals surface area contributed by atoms with E-state index in [-0.39, 0.29) is 6.10 Å². The van der Waals surface area contributed by atoms with Gasteiger partial charge in [-0.1, -0.05) is 0 Å². The molecule has 0 saturated carbocycles. The Balaban J connectivity index is 2.50. The lowest BCUT2D eigenvalue weighted by Gasteiger charge is -2.07. The SMILES string of the molecule is ClCC1OC1(CCl)C(Cl)Cl. The molecule has 0 aromatic rings. The van der Waals surface area contributed by atoms with Crippen molar-refractivity contribution in [2.24, 2.45) is 0 Å². The Labute approximate surface area is 79.5 Å². The summed E-state index contributed by atoms with van der Waals surface area (Å²) in [6.07, 6.45) is -0.0772. The van der Waals surface area contributed by atoms with E-state index >= 15 is 0 Å². The second kappa shape index (κ2) is 3.24. The summed E-state index contributed by atoms with van der Waals surface area (Å²) in [5, 5.41) is 0. The minimum Gasteiger partial charge on any atom is -0.360 e. The minimum absolute atomic E-state index is 0.0772. The number of epoxide rings is 1. The average molecular weight is 224 g/mol. The van der Waals surface area contributed by atoms with Crippen LogP contribution in [0.3, 0.4) is 0 Å². The molecule has 1 rings (SSSR count). The number of rotatable bonds is 3. The Bertz CT molecular complexity index is 129. The van der Waals surface area contributed by atoms with Crippen LogP contribution < -0.4 is 0 Å². The number of hydrogen-bond acceptors (Lipinski definition) is 1. The standard InChI is InChI=1S/C5H6Cl4O/c6-1-3-5(2-7,10-3)4(8)9/h3-4H,1-2H2. The predicted molar refractivity (Wildman–Crippen MR) is 44.5 cm³/mol. The largest absolute Gasteiger partial charge is 0.360 e. The van der Waals surface area contributed by atoms with E-state index < -0.39 is 10.4 Å². The first-order chi connectivity index (χ1) is 4.67. The number of alkyl halides is 4. The Morgan fingerprint density at radius 3 is 2.10 bits per heavy atom. The van der Waals surface area contributed by atoms with Gasteiger partial charge in [0.05, 0.1) is 11.8 Å². The lowest BCUT2D eigenvalue weighted by atomic mass is 10.1. The Morgan fingerprint density at radius 2 is 2.00 bits per heavy atom. The maximum absolute atomic E-state index is 5.60. The zero-order valence-electron chi connectivity index (χ0n) is 4.99. The highest BCUT2D eigenvalue weighted by Crippen LogP contribution is 2.45. The van der Waals surface area contributed by atoms with Crippen LogP contribution in [-0.2, 0) is 4.74 Å². The molecule has 1 heterocycles. The van der Waals surface area contributed by atoms with Gasteiger partial charge in [-0.25, -0.2) is 0 Å². The van der Waals surface area contributed by atoms with Gasteiger partial charge in [0, 0.05) is 0 Å². The third-order valence-corrected chi connectivity index (χ3v) is 3.00. The zero-order valence-corrected chi connectivity index (χ0v) is 8.01. The van der Waals surface area contributed by atoms with Crippen LogP contribution in [0.15, 0.2) is 0 Å². The Kier molecular flexibility index (Phi) is 2.98. The lowest BCUT2D eigenvalue weighted by molar-refractivity contribution is 0.326. The Morgan fingerprint density at radius 1 is 1.40 bits per heavy atom. The van der Waals surface area contributed by atoms with Gasteiger partial charge in [-0.3, -0.25) is 0 Å². The molecule has 1 fully saturated rings. The monoisotopic (exact) mass is 222 g/mol. The third-order valence-electron chi connectivity index (χ3n) is 1.57. The van der Waals surface area contributed by atoms with Gasteiger partial charge in [0.25, 0.3) is 0 Å². The fourth-order valence-electron chi connectivity index (χ4n) is 0.761. The van der Waals surface area contributed by atoms with E-state index in [1.807, 2.05) is 0 Å². The molecule has 2 unspecified atom stereocenters. The fourth-order valence-corrected chi connectivity index (χ4v) is 2.17. The zero-order chi connectivity index (χ0) is 7.78. The van der Waals surface area contributed by atoms with Crippen LogP contribution in [0.25, 0.3) is 0 Å². The molecule has 1 saturated heterocycles. The molecule has 1 aliphatic heterocycles. The fraction of sp³-hybridized carbons (Fsp3) is 1.00. The van der Waals surface area contributed by atoms with Gasteiger partial charge in [0.2, 0.25) is 0 Å². The van der Waals surface area contributed by atoms with Crippen molar-refractivity contribution in [2.45, 2.75) is 16.5 Å². The van der Waals surface area contributed by atoms with Crippen LogP contribution in [-0.4, -0.2) is 28.3 Å². The van der Waals surface area contributed by atoms with Gasteiger partial charge in [0.15, 0.2) is 0 Å². The Hall–Kier alpha value is 1.12. The molecule has 0 N–H and O–H groups in total. The second-order valence-electron chi connectivity index (χ2n) is 2.15. The third kappa shape index (κ3) is 1.35. The smallest absolute Gasteiger partial charge is 0.140 e. The second-order valence-corrected chi connectivity index (χ2v) is 3.82. The summed E-state index contributed by atoms with van der Waals surface area (Å²) in [5.74, 6) is 0.685. The van der Waals surface area contributed by atoms with Crippen molar-refractivity contribution in [3.63, 3.8) is 0 Å². The highest BCUT2D eigenvalue weighted by Gasteiger charge is 2.59. The molecule has 0 spiro atoms. The maximum Gasteiger partial charge on any atom is 0.140 e. The molecule has 5 heteroatoms. The van der Waals surface area contributed by atoms with Crippen molar-refractivity contribution in [1.82, 2.24) is 0 Å². The van der Waals surface area contributed by atoms with Crippen molar-refractivity contribution in [3.8, 4) is 0 Å². The quantitative estimate of drug-likeness (QED) is 0.529. The number of halogens is 4. The van der Waals surface area contributed by atoms with Crippen molar-refractivity contribution in [2.75, 3.05) is 11.8 Å². The van der Waals surface area contributed by atoms with Crippen molar-refractivity contribution in [1.29, 1.82) is 0 Å². The summed E-state index contributed by atoms with van der Waals surface area (Å²) in [7, 11) is 0. The molecule has 0 aromatic carbocycles. The summed E-state index contributed by atoms with van der Waals surface area (Å²) in [5.41, 5.74) is -0.577. The maximum atomic E-state index is 5.60. The van der Waals surface area contributed by atoms with Gasteiger partial charge in [-0.05, 0) is 0 Å². The van der Waals surface area contributed by atoms with Crippen molar-refractivity contribution < 1.29 is 4.74 Å². The van der Waals surface area contributed by atoms with Gasteiger partial charge in [-0.15, -0.1) is 46.4 Å². The molecule has 1 aliphatic rings. The molecule has 0 bridgehead atoms. The summed E-state index contributed by atoms with van der Waals surface area (Å²) in [4.78, 5) is -0.589. The van der Waals surface area contributed by atoms with Crippen LogP contribution in [0.1, 0.15) is 0 Å². The van der Waals surface area contributed by atoms with E-state index in [1.54, 1.807) is 0 Å². The van der Waals surface area contributed by atoms with Crippen molar-refractivity contribution >= 4 is 46.4 Å². The highest BCUT2D eigenvalue weighted by molar-refractivity contribution is 6.46. The van der Waals surface area contributed by atoms with E-state index in [2.05, 4.69) is 0 Å². The highest BCUT2D eigenvalue weighted by atomic mass is 35.5. The molecule has 0 aromatic heterocycles. The molecule has 0 amide bonds. The summed E-state index contributed by atoms with van der Waals surface area (Å²) in [6.45, 7) is 0. The molecule has 1 nitrogen and oxygen atoms in total. The van der Waals surface area contributed by atoms with E-state index in [0.29, 0.717) is 11.8 Å². The average Bonchev–Trinajstić information content (AvgIpc) is 2.62. The first-order valence-corrected chi connectivity index (χ1v) is 4.69. The predicted octanol–water partition coefficient (Wildman–Crippen LogP) is 2.41. The minimum atomic E-state index is -0.589. The molecule has 60 valence electrons. The molecule has 2 atom stereocenters. The van der Waals surface area contributed by atoms with Crippen LogP contribution in [0, 0.1) is 0 Å². The summed E-state index contributed by atoms with van der Waals surface area (Å²) >= 11 is 22.3. The van der Waals surface area contributed by atoms with Gasteiger partial charge < -0.3 is 4.74 Å². The summed E-state index contributed by atoms with van der Waals surface area (Å²) < 4.78 is 5.14. The van der Waals surface area contributed by atoms with Crippen LogP contribution in [0.4, 0.5) is 0 Å². The number of hydrogen-bond donors (Lipinski definition) is 0. The first kappa shape index (κ1) is 9.21. The van der Waals surface area contributed by atoms with Gasteiger partial charge in [0.1, 0.15) is 16.5 Å². The first-order valence-electron chi connectivity index (χ1n) is 2.75. The lowest BCUT2D eigenvalue weighted by Crippen LogP contribution is -2.26. The van der Waals surface area contributed by atoms with E-state index in [9.17, 15) is 0 Å². The van der Waals surface area contributed by atoms with E-state index in [0.717, 1.165) is 0 Å². The molecular weight excluding hydrogens is 218 g/mol. The molecular formula is C5H6Cl4O. The van der Waals surface area contributed by atoms with Gasteiger partial charge in [-0.2, -0.15) is 0 Å². The molecule has 0 aliphatic carbocycles. The van der Waals surface area contributed by atoms with E-state index in [1.165, 1.54) is 0 Å². The van der Waals surface area contributed by atoms with E-state index in [4.69, 9.17) is 51.1 Å².